The summed E-state index contributed by atoms with van der Waals surface area (Å²) < 4.78 is 0. The molecule has 1 fully saturated rings. The fourth-order valence-electron chi connectivity index (χ4n) is 1.10. The van der Waals surface area contributed by atoms with Crippen molar-refractivity contribution in [1.29, 1.82) is 0 Å². The third kappa shape index (κ3) is 1.76. The lowest BCUT2D eigenvalue weighted by molar-refractivity contribution is -0.133. The van der Waals surface area contributed by atoms with Crippen LogP contribution in [-0.4, -0.2) is 36.8 Å². The van der Waals surface area contributed by atoms with E-state index in [0.717, 1.165) is 13.1 Å². The highest BCUT2D eigenvalue weighted by atomic mass is 16.3. The number of hydrogen-bond donors (Lipinski definition) is 3. The van der Waals surface area contributed by atoms with Crippen molar-refractivity contribution in [2.45, 2.75) is 19.9 Å². The fourth-order valence-corrected chi connectivity index (χ4v) is 1.10. The van der Waals surface area contributed by atoms with Crippen molar-refractivity contribution >= 4 is 5.91 Å². The van der Waals surface area contributed by atoms with Crippen LogP contribution < -0.4 is 10.6 Å². The highest BCUT2D eigenvalue weighted by Gasteiger charge is 2.39. The summed E-state index contributed by atoms with van der Waals surface area (Å²) in [4.78, 5) is 11.5. The van der Waals surface area contributed by atoms with E-state index in [1.807, 2.05) is 6.92 Å². The SMILES string of the molecule is C[C@H](CO)NC(=O)C1(C)CNC1. The van der Waals surface area contributed by atoms with Gasteiger partial charge in [0.15, 0.2) is 0 Å². The highest BCUT2D eigenvalue weighted by molar-refractivity contribution is 5.84. The molecule has 0 saturated carbocycles. The van der Waals surface area contributed by atoms with Crippen molar-refractivity contribution in [3.63, 3.8) is 0 Å². The molecule has 0 aromatic heterocycles. The van der Waals surface area contributed by atoms with Gasteiger partial charge in [0.2, 0.25) is 5.91 Å². The molecule has 0 aromatic carbocycles. The van der Waals surface area contributed by atoms with Crippen molar-refractivity contribution in [3.8, 4) is 0 Å². The lowest BCUT2D eigenvalue weighted by atomic mass is 9.83. The first-order valence-electron chi connectivity index (χ1n) is 4.21. The maximum atomic E-state index is 11.5. The van der Waals surface area contributed by atoms with Crippen molar-refractivity contribution in [2.75, 3.05) is 19.7 Å². The van der Waals surface area contributed by atoms with Crippen molar-refractivity contribution in [2.24, 2.45) is 5.41 Å². The number of amides is 1. The Hall–Kier alpha value is -0.610. The molecule has 12 heavy (non-hydrogen) atoms. The smallest absolute Gasteiger partial charge is 0.228 e. The van der Waals surface area contributed by atoms with E-state index in [4.69, 9.17) is 5.11 Å². The summed E-state index contributed by atoms with van der Waals surface area (Å²) in [5.74, 6) is 0.0304. The Morgan fingerprint density at radius 1 is 1.75 bits per heavy atom. The zero-order valence-corrected chi connectivity index (χ0v) is 7.55. The summed E-state index contributed by atoms with van der Waals surface area (Å²) in [6.45, 7) is 5.17. The van der Waals surface area contributed by atoms with E-state index in [2.05, 4.69) is 10.6 Å². The topological polar surface area (TPSA) is 61.4 Å². The van der Waals surface area contributed by atoms with Gasteiger partial charge < -0.3 is 15.7 Å². The Balaban J connectivity index is 2.37. The van der Waals surface area contributed by atoms with Gasteiger partial charge in [-0.05, 0) is 13.8 Å². The summed E-state index contributed by atoms with van der Waals surface area (Å²) in [6, 6.07) is -0.144. The van der Waals surface area contributed by atoms with Crippen LogP contribution in [0.4, 0.5) is 0 Å². The Kier molecular flexibility index (Phi) is 2.69. The van der Waals surface area contributed by atoms with E-state index < -0.39 is 0 Å². The van der Waals surface area contributed by atoms with E-state index in [-0.39, 0.29) is 24.0 Å². The Bertz CT molecular complexity index is 178. The normalized spacial score (nSPS) is 22.6. The van der Waals surface area contributed by atoms with Crippen LogP contribution in [0.15, 0.2) is 0 Å². The molecule has 1 amide bonds. The number of rotatable bonds is 3. The molecule has 0 aromatic rings. The van der Waals surface area contributed by atoms with Crippen LogP contribution in [0.2, 0.25) is 0 Å². The molecule has 1 saturated heterocycles. The van der Waals surface area contributed by atoms with Crippen LogP contribution in [-0.2, 0) is 4.79 Å². The second kappa shape index (κ2) is 3.41. The molecular weight excluding hydrogens is 156 g/mol. The number of hydrogen-bond acceptors (Lipinski definition) is 3. The highest BCUT2D eigenvalue weighted by Crippen LogP contribution is 2.21. The molecular formula is C8H16N2O2. The van der Waals surface area contributed by atoms with Gasteiger partial charge in [-0.25, -0.2) is 0 Å². The first-order valence-corrected chi connectivity index (χ1v) is 4.21. The van der Waals surface area contributed by atoms with Crippen LogP contribution in [0.25, 0.3) is 0 Å². The Labute approximate surface area is 72.3 Å². The molecule has 0 bridgehead atoms. The molecule has 0 spiro atoms. The van der Waals surface area contributed by atoms with E-state index in [9.17, 15) is 4.79 Å². The average Bonchev–Trinajstić information content (AvgIpc) is 1.99. The second-order valence-corrected chi connectivity index (χ2v) is 3.72. The van der Waals surface area contributed by atoms with Gasteiger partial charge in [0.05, 0.1) is 12.0 Å². The molecule has 0 radical (unpaired) electrons. The van der Waals surface area contributed by atoms with E-state index in [0.29, 0.717) is 0 Å². The quantitative estimate of drug-likeness (QED) is 0.516. The predicted octanol–water partition coefficient (Wildman–Crippen LogP) is -0.907. The molecule has 4 heteroatoms. The summed E-state index contributed by atoms with van der Waals surface area (Å²) in [7, 11) is 0. The van der Waals surface area contributed by atoms with Gasteiger partial charge in [-0.15, -0.1) is 0 Å². The first kappa shape index (κ1) is 9.48. The molecule has 0 aliphatic carbocycles. The minimum absolute atomic E-state index is 0.00471. The van der Waals surface area contributed by atoms with Crippen LogP contribution >= 0.6 is 0 Å². The zero-order chi connectivity index (χ0) is 9.19. The summed E-state index contributed by atoms with van der Waals surface area (Å²) >= 11 is 0. The summed E-state index contributed by atoms with van der Waals surface area (Å²) in [5.41, 5.74) is -0.260. The lowest BCUT2D eigenvalue weighted by Gasteiger charge is -2.38. The first-order chi connectivity index (χ1) is 5.58. The van der Waals surface area contributed by atoms with E-state index >= 15 is 0 Å². The van der Waals surface area contributed by atoms with E-state index in [1.165, 1.54) is 0 Å². The predicted molar refractivity (Wildman–Crippen MR) is 45.7 cm³/mol. The molecule has 4 nitrogen and oxygen atoms in total. The van der Waals surface area contributed by atoms with Crippen LogP contribution in [0, 0.1) is 5.41 Å². The van der Waals surface area contributed by atoms with Crippen molar-refractivity contribution in [3.05, 3.63) is 0 Å². The maximum absolute atomic E-state index is 11.5. The standard InChI is InChI=1S/C8H16N2O2/c1-6(3-11)10-7(12)8(2)4-9-5-8/h6,9,11H,3-5H2,1-2H3,(H,10,12)/t6-/m1/s1. The molecule has 1 rings (SSSR count). The molecule has 70 valence electrons. The molecule has 1 aliphatic rings. The number of aliphatic hydroxyl groups excluding tert-OH is 1. The number of carbonyl (C=O) groups excluding carboxylic acids is 1. The van der Waals surface area contributed by atoms with Gasteiger partial charge >= 0.3 is 0 Å². The van der Waals surface area contributed by atoms with Gasteiger partial charge in [0, 0.05) is 19.1 Å². The van der Waals surface area contributed by atoms with Crippen LogP contribution in [0.5, 0.6) is 0 Å². The summed E-state index contributed by atoms with van der Waals surface area (Å²) in [5, 5.41) is 14.5. The van der Waals surface area contributed by atoms with Crippen molar-refractivity contribution in [1.82, 2.24) is 10.6 Å². The summed E-state index contributed by atoms with van der Waals surface area (Å²) in [6.07, 6.45) is 0. The van der Waals surface area contributed by atoms with Gasteiger partial charge in [0.25, 0.3) is 0 Å². The van der Waals surface area contributed by atoms with Gasteiger partial charge in [-0.2, -0.15) is 0 Å². The maximum Gasteiger partial charge on any atom is 0.228 e. The molecule has 1 atom stereocenters. The van der Waals surface area contributed by atoms with Gasteiger partial charge in [-0.1, -0.05) is 0 Å². The lowest BCUT2D eigenvalue weighted by Crippen LogP contribution is -2.60. The molecule has 1 heterocycles. The molecule has 0 unspecified atom stereocenters. The molecule has 3 N–H and O–H groups in total. The van der Waals surface area contributed by atoms with E-state index in [1.54, 1.807) is 6.92 Å². The minimum atomic E-state index is -0.260. The number of nitrogens with one attached hydrogen (secondary N) is 2. The largest absolute Gasteiger partial charge is 0.394 e. The van der Waals surface area contributed by atoms with Gasteiger partial charge in [-0.3, -0.25) is 4.79 Å². The number of aliphatic hydroxyl groups is 1. The monoisotopic (exact) mass is 172 g/mol. The minimum Gasteiger partial charge on any atom is -0.394 e. The second-order valence-electron chi connectivity index (χ2n) is 3.72. The Morgan fingerprint density at radius 3 is 2.67 bits per heavy atom. The third-order valence-corrected chi connectivity index (χ3v) is 2.23. The zero-order valence-electron chi connectivity index (χ0n) is 7.55. The Morgan fingerprint density at radius 2 is 2.33 bits per heavy atom. The third-order valence-electron chi connectivity index (χ3n) is 2.23. The van der Waals surface area contributed by atoms with Gasteiger partial charge in [0.1, 0.15) is 0 Å². The van der Waals surface area contributed by atoms with Crippen LogP contribution in [0.3, 0.4) is 0 Å². The number of carbonyl (C=O) groups is 1. The average molecular weight is 172 g/mol. The fraction of sp³-hybridized carbons (Fsp3) is 0.875. The van der Waals surface area contributed by atoms with Crippen molar-refractivity contribution < 1.29 is 9.90 Å². The molecule has 1 aliphatic heterocycles. The van der Waals surface area contributed by atoms with Crippen LogP contribution in [0.1, 0.15) is 13.8 Å².